The number of aromatic nitrogens is 4. The predicted octanol–water partition coefficient (Wildman–Crippen LogP) is 5.65. The number of nitrogens with one attached hydrogen (secondary N) is 1. The third kappa shape index (κ3) is 5.67. The molecule has 48 heavy (non-hydrogen) atoms. The number of alkyl halides is 3. The molecule has 7 rings (SSSR count). The molecule has 0 aliphatic carbocycles. The Morgan fingerprint density at radius 1 is 0.917 bits per heavy atom. The van der Waals surface area contributed by atoms with Crippen LogP contribution in [0.1, 0.15) is 34.5 Å². The third-order valence-corrected chi connectivity index (χ3v) is 8.89. The average Bonchev–Trinajstić information content (AvgIpc) is 3.80. The van der Waals surface area contributed by atoms with Crippen molar-refractivity contribution in [1.29, 1.82) is 0 Å². The van der Waals surface area contributed by atoms with E-state index in [1.165, 1.54) is 23.1 Å². The molecule has 1 N–H and O–H groups in total. The second-order valence-electron chi connectivity index (χ2n) is 11.8. The SMILES string of the molecule is O=C(c1cc(-c2cn(Cc3ccccc3)cn2)n(-c2ccc(F)c(C(F)(F)F)c2)n1)N1CCC2(CC1)C(=O)NCN2c1ccc(F)cc1. The van der Waals surface area contributed by atoms with Gasteiger partial charge in [-0.3, -0.25) is 9.59 Å². The molecule has 2 amide bonds. The lowest BCUT2D eigenvalue weighted by molar-refractivity contribution is -0.140. The number of benzene rings is 3. The Bertz CT molecular complexity index is 1980. The van der Waals surface area contributed by atoms with Crippen molar-refractivity contribution in [3.63, 3.8) is 0 Å². The molecule has 0 atom stereocenters. The van der Waals surface area contributed by atoms with Crippen LogP contribution in [0, 0.1) is 11.6 Å². The van der Waals surface area contributed by atoms with E-state index in [2.05, 4.69) is 15.4 Å². The first-order valence-electron chi connectivity index (χ1n) is 15.2. The summed E-state index contributed by atoms with van der Waals surface area (Å²) >= 11 is 0. The molecule has 14 heteroatoms. The first kappa shape index (κ1) is 31.1. The lowest BCUT2D eigenvalue weighted by atomic mass is 9.85. The number of hydrogen-bond donors (Lipinski definition) is 1. The number of carbonyl (C=O) groups excluding carboxylic acids is 2. The zero-order valence-electron chi connectivity index (χ0n) is 25.3. The Labute approximate surface area is 271 Å². The van der Waals surface area contributed by atoms with Crippen LogP contribution in [0.25, 0.3) is 17.1 Å². The van der Waals surface area contributed by atoms with E-state index in [0.29, 0.717) is 30.1 Å². The number of likely N-dealkylation sites (tertiary alicyclic amines) is 1. The molecule has 2 aliphatic rings. The van der Waals surface area contributed by atoms with Crippen molar-refractivity contribution in [3.05, 3.63) is 120 Å². The van der Waals surface area contributed by atoms with Crippen LogP contribution < -0.4 is 10.2 Å². The molecule has 2 fully saturated rings. The number of imidazole rings is 1. The number of nitrogens with zero attached hydrogens (tertiary/aromatic N) is 6. The van der Waals surface area contributed by atoms with Gasteiger partial charge in [0.15, 0.2) is 5.69 Å². The van der Waals surface area contributed by atoms with Crippen molar-refractivity contribution in [1.82, 2.24) is 29.5 Å². The van der Waals surface area contributed by atoms with Gasteiger partial charge in [-0.15, -0.1) is 0 Å². The Hall–Kier alpha value is -5.53. The highest BCUT2D eigenvalue weighted by Crippen LogP contribution is 2.37. The maximum absolute atomic E-state index is 14.2. The average molecular weight is 662 g/mol. The quantitative estimate of drug-likeness (QED) is 0.238. The third-order valence-electron chi connectivity index (χ3n) is 8.89. The fraction of sp³-hybridized carbons (Fsp3) is 0.235. The molecule has 0 saturated carbocycles. The number of rotatable bonds is 6. The molecule has 3 aromatic carbocycles. The molecule has 2 saturated heterocycles. The van der Waals surface area contributed by atoms with Crippen LogP contribution in [0.3, 0.4) is 0 Å². The standard InChI is InChI=1S/C34H28F5N7O2/c35-23-6-8-24(9-7-23)45-21-41-32(48)33(45)12-14-44(15-13-33)31(47)28-17-30(29-19-43(20-40-29)18-22-4-2-1-3-5-22)46(42-28)25-10-11-27(36)26(16-25)34(37,38)39/h1-11,16-17,19-20H,12-15,18,21H2,(H,41,48). The normalized spacial score (nSPS) is 16.1. The lowest BCUT2D eigenvalue weighted by Crippen LogP contribution is -2.57. The van der Waals surface area contributed by atoms with E-state index >= 15 is 0 Å². The summed E-state index contributed by atoms with van der Waals surface area (Å²) in [5.41, 5.74) is -0.328. The summed E-state index contributed by atoms with van der Waals surface area (Å²) in [5.74, 6) is -2.51. The minimum atomic E-state index is -4.96. The molecule has 0 unspecified atom stereocenters. The Kier molecular flexibility index (Phi) is 7.72. The van der Waals surface area contributed by atoms with Gasteiger partial charge in [0.25, 0.3) is 5.91 Å². The van der Waals surface area contributed by atoms with Gasteiger partial charge >= 0.3 is 6.18 Å². The van der Waals surface area contributed by atoms with Gasteiger partial charge in [-0.05, 0) is 66.9 Å². The van der Waals surface area contributed by atoms with Gasteiger partial charge in [0, 0.05) is 31.5 Å². The van der Waals surface area contributed by atoms with Gasteiger partial charge in [-0.1, -0.05) is 30.3 Å². The van der Waals surface area contributed by atoms with Crippen LogP contribution in [-0.4, -0.2) is 61.3 Å². The van der Waals surface area contributed by atoms with E-state index in [9.17, 15) is 31.5 Å². The number of amides is 2. The summed E-state index contributed by atoms with van der Waals surface area (Å²) in [5, 5.41) is 7.27. The number of halogens is 5. The molecule has 5 aromatic rings. The smallest absolute Gasteiger partial charge is 0.339 e. The zero-order valence-corrected chi connectivity index (χ0v) is 25.3. The molecular weight excluding hydrogens is 633 g/mol. The fourth-order valence-electron chi connectivity index (χ4n) is 6.39. The molecule has 0 bridgehead atoms. The van der Waals surface area contributed by atoms with Crippen molar-refractivity contribution in [3.8, 4) is 17.1 Å². The molecular formula is C34H28F5N7O2. The number of carbonyl (C=O) groups is 2. The van der Waals surface area contributed by atoms with Gasteiger partial charge in [-0.2, -0.15) is 18.3 Å². The molecule has 4 heterocycles. The number of hydrogen-bond acceptors (Lipinski definition) is 5. The van der Waals surface area contributed by atoms with Crippen molar-refractivity contribution >= 4 is 17.5 Å². The molecule has 2 aliphatic heterocycles. The number of piperidine rings is 1. The van der Waals surface area contributed by atoms with Crippen LogP contribution in [0.2, 0.25) is 0 Å². The highest BCUT2D eigenvalue weighted by atomic mass is 19.4. The predicted molar refractivity (Wildman–Crippen MR) is 165 cm³/mol. The van der Waals surface area contributed by atoms with E-state index in [-0.39, 0.29) is 55.6 Å². The van der Waals surface area contributed by atoms with E-state index in [0.717, 1.165) is 16.3 Å². The van der Waals surface area contributed by atoms with Crippen molar-refractivity contribution in [2.45, 2.75) is 31.1 Å². The zero-order chi connectivity index (χ0) is 33.6. The van der Waals surface area contributed by atoms with Crippen LogP contribution >= 0.6 is 0 Å². The van der Waals surface area contributed by atoms with E-state index in [1.54, 1.807) is 29.2 Å². The molecule has 1 spiro atoms. The first-order valence-corrected chi connectivity index (χ1v) is 15.2. The summed E-state index contributed by atoms with van der Waals surface area (Å²) in [6.07, 6.45) is -1.13. The summed E-state index contributed by atoms with van der Waals surface area (Å²) in [6, 6.07) is 19.4. The summed E-state index contributed by atoms with van der Waals surface area (Å²) in [6.45, 7) is 1.08. The van der Waals surface area contributed by atoms with E-state index < -0.39 is 34.8 Å². The Balaban J connectivity index is 1.19. The maximum atomic E-state index is 14.2. The topological polar surface area (TPSA) is 88.3 Å². The van der Waals surface area contributed by atoms with Gasteiger partial charge in [0.1, 0.15) is 22.9 Å². The first-order chi connectivity index (χ1) is 23.0. The van der Waals surface area contributed by atoms with Gasteiger partial charge in [-0.25, -0.2) is 18.4 Å². The van der Waals surface area contributed by atoms with Crippen molar-refractivity contribution in [2.75, 3.05) is 24.7 Å². The summed E-state index contributed by atoms with van der Waals surface area (Å²) in [4.78, 5) is 34.8. The summed E-state index contributed by atoms with van der Waals surface area (Å²) < 4.78 is 71.8. The second kappa shape index (κ2) is 11.9. The van der Waals surface area contributed by atoms with Gasteiger partial charge in [0.2, 0.25) is 5.91 Å². The fourth-order valence-corrected chi connectivity index (χ4v) is 6.39. The van der Waals surface area contributed by atoms with Gasteiger partial charge < -0.3 is 19.7 Å². The largest absolute Gasteiger partial charge is 0.419 e. The van der Waals surface area contributed by atoms with E-state index in [1.807, 2.05) is 35.2 Å². The highest BCUT2D eigenvalue weighted by molar-refractivity contribution is 5.96. The lowest BCUT2D eigenvalue weighted by Gasteiger charge is -2.43. The van der Waals surface area contributed by atoms with E-state index in [4.69, 9.17) is 0 Å². The Morgan fingerprint density at radius 2 is 1.62 bits per heavy atom. The van der Waals surface area contributed by atoms with Crippen LogP contribution in [0.4, 0.5) is 27.6 Å². The molecule has 2 aromatic heterocycles. The van der Waals surface area contributed by atoms with Crippen LogP contribution in [0.15, 0.2) is 91.4 Å². The maximum Gasteiger partial charge on any atom is 0.419 e. The van der Waals surface area contributed by atoms with Crippen molar-refractivity contribution in [2.24, 2.45) is 0 Å². The monoisotopic (exact) mass is 661 g/mol. The van der Waals surface area contributed by atoms with Crippen LogP contribution in [-0.2, 0) is 17.5 Å². The van der Waals surface area contributed by atoms with Crippen LogP contribution in [0.5, 0.6) is 0 Å². The molecule has 246 valence electrons. The molecule has 9 nitrogen and oxygen atoms in total. The highest BCUT2D eigenvalue weighted by Gasteiger charge is 2.51. The molecule has 0 radical (unpaired) electrons. The summed E-state index contributed by atoms with van der Waals surface area (Å²) in [7, 11) is 0. The van der Waals surface area contributed by atoms with Gasteiger partial charge in [0.05, 0.1) is 29.9 Å². The minimum Gasteiger partial charge on any atom is -0.339 e. The second-order valence-corrected chi connectivity index (χ2v) is 11.8. The Morgan fingerprint density at radius 3 is 2.33 bits per heavy atom. The van der Waals surface area contributed by atoms with Crippen molar-refractivity contribution < 1.29 is 31.5 Å². The minimum absolute atomic E-state index is 0.0530. The number of anilines is 1.